The van der Waals surface area contributed by atoms with E-state index in [0.29, 0.717) is 5.84 Å². The van der Waals surface area contributed by atoms with Crippen LogP contribution >= 0.6 is 11.3 Å². The molecule has 0 saturated heterocycles. The zero-order valence-corrected chi connectivity index (χ0v) is 32.5. The molecule has 1 aliphatic heterocycles. The van der Waals surface area contributed by atoms with Crippen molar-refractivity contribution < 1.29 is 4.42 Å². The Bertz CT molecular complexity index is 3560. The van der Waals surface area contributed by atoms with Crippen LogP contribution in [0, 0.1) is 5.92 Å². The highest BCUT2D eigenvalue weighted by Gasteiger charge is 2.26. The van der Waals surface area contributed by atoms with Gasteiger partial charge in [-0.15, -0.1) is 11.3 Å². The van der Waals surface area contributed by atoms with Crippen molar-refractivity contribution in [3.8, 4) is 5.69 Å². The van der Waals surface area contributed by atoms with Crippen LogP contribution in [0.5, 0.6) is 0 Å². The molecule has 1 aliphatic rings. The summed E-state index contributed by atoms with van der Waals surface area (Å²) < 4.78 is 11.9. The van der Waals surface area contributed by atoms with Crippen molar-refractivity contribution in [2.24, 2.45) is 15.9 Å². The molecule has 0 radical (unpaired) electrons. The first-order chi connectivity index (χ1) is 28.7. The number of hydrogen-bond acceptors (Lipinski definition) is 4. The molecule has 274 valence electrons. The number of benzene rings is 8. The molecule has 1 atom stereocenters. The van der Waals surface area contributed by atoms with Crippen LogP contribution in [0.2, 0.25) is 0 Å². The van der Waals surface area contributed by atoms with Crippen LogP contribution < -0.4 is 0 Å². The van der Waals surface area contributed by atoms with Gasteiger partial charge in [-0.3, -0.25) is 0 Å². The molecule has 0 bridgehead atoms. The smallest absolute Gasteiger partial charge is 0.160 e. The molecule has 0 N–H and O–H groups in total. The molecule has 0 spiro atoms. The van der Waals surface area contributed by atoms with Gasteiger partial charge in [-0.05, 0) is 59.7 Å². The largest absolute Gasteiger partial charge is 0.455 e. The van der Waals surface area contributed by atoms with E-state index in [2.05, 4.69) is 175 Å². The van der Waals surface area contributed by atoms with E-state index < -0.39 is 0 Å². The average molecular weight is 762 g/mol. The fourth-order valence-corrected chi connectivity index (χ4v) is 10.3. The first-order valence-electron chi connectivity index (χ1n) is 19.9. The number of thiophene rings is 1. The number of aliphatic imine (C=N–C) groups is 2. The minimum absolute atomic E-state index is 0.0953. The minimum atomic E-state index is 0.0953. The van der Waals surface area contributed by atoms with Gasteiger partial charge in [-0.2, -0.15) is 0 Å². The lowest BCUT2D eigenvalue weighted by Crippen LogP contribution is -2.17. The van der Waals surface area contributed by atoms with Crippen molar-refractivity contribution in [3.05, 3.63) is 193 Å². The lowest BCUT2D eigenvalue weighted by Gasteiger charge is -2.20. The Balaban J connectivity index is 1.16. The van der Waals surface area contributed by atoms with Crippen molar-refractivity contribution >= 4 is 103 Å². The second-order valence-corrected chi connectivity index (χ2v) is 16.4. The van der Waals surface area contributed by atoms with Crippen molar-refractivity contribution in [1.82, 2.24) is 4.57 Å². The van der Waals surface area contributed by atoms with Gasteiger partial charge in [-0.1, -0.05) is 140 Å². The van der Waals surface area contributed by atoms with Crippen LogP contribution in [0.3, 0.4) is 0 Å². The number of para-hydroxylation sites is 2. The van der Waals surface area contributed by atoms with Gasteiger partial charge in [0.15, 0.2) is 5.84 Å². The maximum atomic E-state index is 6.92. The summed E-state index contributed by atoms with van der Waals surface area (Å²) in [6.45, 7) is 2.30. The average Bonchev–Trinajstić information content (AvgIpc) is 3.94. The number of amidine groups is 1. The Labute approximate surface area is 338 Å². The topological polar surface area (TPSA) is 42.8 Å². The summed E-state index contributed by atoms with van der Waals surface area (Å²) in [5.41, 5.74) is 9.95. The molecule has 4 nitrogen and oxygen atoms in total. The number of allylic oxidation sites excluding steroid dienone is 1. The van der Waals surface area contributed by atoms with E-state index in [4.69, 9.17) is 14.4 Å². The highest BCUT2D eigenvalue weighted by Crippen LogP contribution is 2.43. The standard InChI is InChI=1S/C53H35N3OS/c1-32-26-28-43(54-53(33-14-3-2-4-15-33)55-50(32)41-22-13-21-40-38-20-9-12-25-48(38)58-52(40)41)49-45(29-27-39-37-19-8-11-24-47(37)57-51(39)49)56-44-23-10-7-18-36(44)42-30-34-16-5-6-17-35(34)31-46(42)56/h2-25,27-32H,26H2,1H3/b43-28+,54-53?,55-50?. The maximum Gasteiger partial charge on any atom is 0.160 e. The van der Waals surface area contributed by atoms with Crippen LogP contribution in [0.25, 0.3) is 86.1 Å². The molecule has 58 heavy (non-hydrogen) atoms. The van der Waals surface area contributed by atoms with E-state index in [9.17, 15) is 0 Å². The molecule has 12 rings (SSSR count). The fraction of sp³-hybridized carbons (Fsp3) is 0.0566. The van der Waals surface area contributed by atoms with Gasteiger partial charge in [0.25, 0.3) is 0 Å². The van der Waals surface area contributed by atoms with E-state index in [1.165, 1.54) is 47.3 Å². The van der Waals surface area contributed by atoms with Gasteiger partial charge in [-0.25, -0.2) is 9.98 Å². The number of nitrogens with zero attached hydrogens (tertiary/aromatic N) is 3. The molecule has 0 saturated carbocycles. The third kappa shape index (κ3) is 5.07. The number of hydrogen-bond donors (Lipinski definition) is 0. The van der Waals surface area contributed by atoms with Gasteiger partial charge in [0.1, 0.15) is 11.2 Å². The highest BCUT2D eigenvalue weighted by molar-refractivity contribution is 7.26. The number of rotatable bonds is 4. The minimum Gasteiger partial charge on any atom is -0.455 e. The third-order valence-electron chi connectivity index (χ3n) is 11.9. The molecule has 11 aromatic rings. The predicted molar refractivity (Wildman–Crippen MR) is 246 cm³/mol. The summed E-state index contributed by atoms with van der Waals surface area (Å²) in [7, 11) is 0. The summed E-state index contributed by atoms with van der Waals surface area (Å²) in [4.78, 5) is 11.2. The van der Waals surface area contributed by atoms with E-state index in [0.717, 1.165) is 67.6 Å². The van der Waals surface area contributed by atoms with Gasteiger partial charge in [0.05, 0.1) is 33.7 Å². The monoisotopic (exact) mass is 761 g/mol. The zero-order chi connectivity index (χ0) is 38.3. The summed E-state index contributed by atoms with van der Waals surface area (Å²) >= 11 is 1.85. The maximum absolute atomic E-state index is 6.92. The SMILES string of the molecule is CC1C/C=C(\c2c(-n3c4ccccc4c4cc5ccccc5cc43)ccc3c2oc2ccccc23)N=C(c2ccccc2)N=C1c1cccc2c1sc1ccccc12. The van der Waals surface area contributed by atoms with Crippen LogP contribution in [-0.2, 0) is 0 Å². The van der Waals surface area contributed by atoms with E-state index in [-0.39, 0.29) is 5.92 Å². The molecule has 5 heteroatoms. The number of aromatic nitrogens is 1. The van der Waals surface area contributed by atoms with E-state index in [1.807, 2.05) is 23.5 Å². The fourth-order valence-electron chi connectivity index (χ4n) is 9.08. The van der Waals surface area contributed by atoms with Crippen LogP contribution in [-0.4, -0.2) is 16.1 Å². The molecule has 8 aromatic carbocycles. The normalized spacial score (nSPS) is 15.9. The summed E-state index contributed by atoms with van der Waals surface area (Å²) in [5, 5.41) is 9.54. The van der Waals surface area contributed by atoms with Crippen LogP contribution in [0.4, 0.5) is 0 Å². The molecule has 0 fully saturated rings. The quantitative estimate of drug-likeness (QED) is 0.176. The van der Waals surface area contributed by atoms with Gasteiger partial charge >= 0.3 is 0 Å². The zero-order valence-electron chi connectivity index (χ0n) is 31.7. The summed E-state index contributed by atoms with van der Waals surface area (Å²) in [5.74, 6) is 0.775. The van der Waals surface area contributed by atoms with E-state index >= 15 is 0 Å². The Morgan fingerprint density at radius 3 is 2.19 bits per heavy atom. The summed E-state index contributed by atoms with van der Waals surface area (Å²) in [6.07, 6.45) is 3.07. The number of furan rings is 1. The summed E-state index contributed by atoms with van der Waals surface area (Å²) in [6, 6.07) is 60.6. The number of fused-ring (bicyclic) bond motifs is 10. The molecular formula is C53H35N3OS. The second-order valence-electron chi connectivity index (χ2n) is 15.3. The third-order valence-corrected chi connectivity index (χ3v) is 13.1. The van der Waals surface area contributed by atoms with Crippen molar-refractivity contribution in [2.45, 2.75) is 13.3 Å². The van der Waals surface area contributed by atoms with Crippen molar-refractivity contribution in [2.75, 3.05) is 0 Å². The van der Waals surface area contributed by atoms with E-state index in [1.54, 1.807) is 0 Å². The first kappa shape index (κ1) is 33.1. The Kier molecular flexibility index (Phi) is 7.41. The Morgan fingerprint density at radius 1 is 0.586 bits per heavy atom. The molecule has 1 unspecified atom stereocenters. The van der Waals surface area contributed by atoms with Gasteiger partial charge in [0.2, 0.25) is 0 Å². The molecular weight excluding hydrogens is 727 g/mol. The lowest BCUT2D eigenvalue weighted by molar-refractivity contribution is 0.667. The highest BCUT2D eigenvalue weighted by atomic mass is 32.1. The van der Waals surface area contributed by atoms with Crippen LogP contribution in [0.1, 0.15) is 30.0 Å². The molecule has 3 aromatic heterocycles. The molecule has 4 heterocycles. The lowest BCUT2D eigenvalue weighted by atomic mass is 9.92. The van der Waals surface area contributed by atoms with Crippen LogP contribution in [0.15, 0.2) is 190 Å². The van der Waals surface area contributed by atoms with Crippen molar-refractivity contribution in [3.63, 3.8) is 0 Å². The molecule has 0 aliphatic carbocycles. The second kappa shape index (κ2) is 13.0. The Hall–Kier alpha value is -7.08. The molecule has 0 amide bonds. The first-order valence-corrected chi connectivity index (χ1v) is 20.7. The Morgan fingerprint density at radius 2 is 1.31 bits per heavy atom. The van der Waals surface area contributed by atoms with Gasteiger partial charge in [0, 0.05) is 58.8 Å². The van der Waals surface area contributed by atoms with Gasteiger partial charge < -0.3 is 8.98 Å². The predicted octanol–water partition coefficient (Wildman–Crippen LogP) is 14.5. The van der Waals surface area contributed by atoms with Crippen molar-refractivity contribution in [1.29, 1.82) is 0 Å².